The summed E-state index contributed by atoms with van der Waals surface area (Å²) in [7, 11) is 0. The molecule has 1 aliphatic rings. The molecular formula is C30H39ClN4O. The Hall–Kier alpha value is -2.76. The maximum absolute atomic E-state index is 13.5. The van der Waals surface area contributed by atoms with E-state index in [0.29, 0.717) is 5.02 Å². The zero-order chi connectivity index (χ0) is 25.7. The topological polar surface area (TPSA) is 42.6 Å². The molecule has 2 heterocycles. The van der Waals surface area contributed by atoms with Gasteiger partial charge in [-0.1, -0.05) is 42.8 Å². The van der Waals surface area contributed by atoms with Gasteiger partial charge in [0.25, 0.3) is 5.91 Å². The van der Waals surface area contributed by atoms with Crippen LogP contribution < -0.4 is 4.90 Å². The van der Waals surface area contributed by atoms with E-state index in [0.717, 1.165) is 81.2 Å². The highest BCUT2D eigenvalue weighted by Gasteiger charge is 2.22. The Bertz CT molecular complexity index is 1160. The molecule has 0 saturated carbocycles. The first-order chi connectivity index (χ1) is 17.4. The maximum atomic E-state index is 13.5. The molecule has 36 heavy (non-hydrogen) atoms. The van der Waals surface area contributed by atoms with Crippen molar-refractivity contribution in [2.75, 3.05) is 50.7 Å². The van der Waals surface area contributed by atoms with Crippen molar-refractivity contribution in [3.05, 3.63) is 75.9 Å². The molecule has 192 valence electrons. The number of anilines is 1. The number of piperazine rings is 1. The van der Waals surface area contributed by atoms with E-state index in [1.807, 2.05) is 42.2 Å². The van der Waals surface area contributed by atoms with Crippen LogP contribution in [0.4, 0.5) is 5.69 Å². The first-order valence-corrected chi connectivity index (χ1v) is 13.5. The van der Waals surface area contributed by atoms with Gasteiger partial charge in [0.1, 0.15) is 0 Å². The number of nitrogens with zero attached hydrogens (tertiary/aromatic N) is 3. The van der Waals surface area contributed by atoms with E-state index >= 15 is 0 Å². The van der Waals surface area contributed by atoms with Crippen molar-refractivity contribution in [1.29, 1.82) is 0 Å². The standard InChI is InChI=1S/C30H39ClN4O/c1-5-14-35(30(36)27-21-28(32-24(27)4)25-10-12-26(31)13-11-25)16-7-15-33-17-19-34(20-18-33)29-9-6-8-22(2)23(29)3/h6,8-13,21,32H,5,7,14-20H2,1-4H3. The second-order valence-corrected chi connectivity index (χ2v) is 10.4. The fourth-order valence-electron chi connectivity index (χ4n) is 5.10. The van der Waals surface area contributed by atoms with Crippen LogP contribution in [-0.4, -0.2) is 66.5 Å². The third-order valence-corrected chi connectivity index (χ3v) is 7.62. The van der Waals surface area contributed by atoms with Crippen molar-refractivity contribution in [2.45, 2.75) is 40.5 Å². The lowest BCUT2D eigenvalue weighted by atomic mass is 10.1. The Morgan fingerprint density at radius 3 is 2.42 bits per heavy atom. The molecule has 1 saturated heterocycles. The van der Waals surface area contributed by atoms with Crippen LogP contribution >= 0.6 is 11.6 Å². The van der Waals surface area contributed by atoms with Crippen LogP contribution in [0.1, 0.15) is 46.9 Å². The first-order valence-electron chi connectivity index (χ1n) is 13.2. The van der Waals surface area contributed by atoms with Gasteiger partial charge in [-0.15, -0.1) is 0 Å². The number of benzene rings is 2. The van der Waals surface area contributed by atoms with Gasteiger partial charge < -0.3 is 14.8 Å². The highest BCUT2D eigenvalue weighted by atomic mass is 35.5. The number of halogens is 1. The molecule has 2 aromatic carbocycles. The summed E-state index contributed by atoms with van der Waals surface area (Å²) in [6.45, 7) is 15.3. The number of aromatic nitrogens is 1. The zero-order valence-corrected chi connectivity index (χ0v) is 22.9. The zero-order valence-electron chi connectivity index (χ0n) is 22.1. The van der Waals surface area contributed by atoms with Crippen molar-refractivity contribution < 1.29 is 4.79 Å². The Morgan fingerprint density at radius 1 is 1.00 bits per heavy atom. The predicted octanol–water partition coefficient (Wildman–Crippen LogP) is 6.32. The van der Waals surface area contributed by atoms with Crippen molar-refractivity contribution in [3.8, 4) is 11.3 Å². The monoisotopic (exact) mass is 506 g/mol. The molecule has 1 aromatic heterocycles. The number of H-pyrrole nitrogens is 1. The Morgan fingerprint density at radius 2 is 1.72 bits per heavy atom. The van der Waals surface area contributed by atoms with Gasteiger partial charge >= 0.3 is 0 Å². The van der Waals surface area contributed by atoms with Crippen molar-refractivity contribution in [1.82, 2.24) is 14.8 Å². The summed E-state index contributed by atoms with van der Waals surface area (Å²) in [5.41, 5.74) is 7.76. The predicted molar refractivity (Wildman–Crippen MR) is 151 cm³/mol. The molecule has 1 aliphatic heterocycles. The summed E-state index contributed by atoms with van der Waals surface area (Å²) >= 11 is 6.04. The van der Waals surface area contributed by atoms with E-state index in [-0.39, 0.29) is 5.91 Å². The molecule has 5 nitrogen and oxygen atoms in total. The fraction of sp³-hybridized carbons (Fsp3) is 0.433. The largest absolute Gasteiger partial charge is 0.369 e. The Labute approximate surface area is 221 Å². The molecule has 0 unspecified atom stereocenters. The Kier molecular flexibility index (Phi) is 8.76. The van der Waals surface area contributed by atoms with Gasteiger partial charge in [-0.05, 0) is 81.1 Å². The maximum Gasteiger partial charge on any atom is 0.255 e. The highest BCUT2D eigenvalue weighted by Crippen LogP contribution is 2.25. The summed E-state index contributed by atoms with van der Waals surface area (Å²) in [6, 6.07) is 16.3. The number of amides is 1. The third kappa shape index (κ3) is 6.13. The van der Waals surface area contributed by atoms with Crippen LogP contribution in [0.5, 0.6) is 0 Å². The van der Waals surface area contributed by atoms with Crippen molar-refractivity contribution >= 4 is 23.2 Å². The Balaban J connectivity index is 1.31. The van der Waals surface area contributed by atoms with Gasteiger partial charge in [0, 0.05) is 61.4 Å². The van der Waals surface area contributed by atoms with Gasteiger partial charge in [-0.3, -0.25) is 9.69 Å². The van der Waals surface area contributed by atoms with Crippen LogP contribution in [0, 0.1) is 20.8 Å². The molecule has 1 amide bonds. The van der Waals surface area contributed by atoms with E-state index < -0.39 is 0 Å². The molecule has 4 rings (SSSR count). The summed E-state index contributed by atoms with van der Waals surface area (Å²) in [5, 5.41) is 0.708. The molecule has 0 radical (unpaired) electrons. The lowest BCUT2D eigenvalue weighted by Gasteiger charge is -2.37. The molecule has 1 N–H and O–H groups in total. The summed E-state index contributed by atoms with van der Waals surface area (Å²) in [4.78, 5) is 23.9. The lowest BCUT2D eigenvalue weighted by molar-refractivity contribution is 0.0746. The molecule has 0 bridgehead atoms. The number of aryl methyl sites for hydroxylation is 2. The number of carbonyl (C=O) groups excluding carboxylic acids is 1. The molecular weight excluding hydrogens is 468 g/mol. The second kappa shape index (κ2) is 12.0. The van der Waals surface area contributed by atoms with Crippen LogP contribution in [0.25, 0.3) is 11.3 Å². The highest BCUT2D eigenvalue weighted by molar-refractivity contribution is 6.30. The first kappa shape index (κ1) is 26.3. The quantitative estimate of drug-likeness (QED) is 0.369. The molecule has 6 heteroatoms. The molecule has 3 aromatic rings. The number of hydrogen-bond donors (Lipinski definition) is 1. The number of aromatic amines is 1. The van der Waals surface area contributed by atoms with E-state index in [4.69, 9.17) is 11.6 Å². The van der Waals surface area contributed by atoms with E-state index in [2.05, 4.69) is 53.8 Å². The third-order valence-electron chi connectivity index (χ3n) is 7.37. The smallest absolute Gasteiger partial charge is 0.255 e. The minimum atomic E-state index is 0.116. The summed E-state index contributed by atoms with van der Waals surface area (Å²) in [6.07, 6.45) is 1.94. The van der Waals surface area contributed by atoms with E-state index in [1.54, 1.807) is 0 Å². The minimum absolute atomic E-state index is 0.116. The molecule has 0 aliphatic carbocycles. The average molecular weight is 507 g/mol. The molecule has 0 spiro atoms. The normalized spacial score (nSPS) is 14.3. The number of hydrogen-bond acceptors (Lipinski definition) is 3. The van der Waals surface area contributed by atoms with Crippen LogP contribution in [0.3, 0.4) is 0 Å². The summed E-state index contributed by atoms with van der Waals surface area (Å²) < 4.78 is 0. The van der Waals surface area contributed by atoms with E-state index in [9.17, 15) is 4.79 Å². The second-order valence-electron chi connectivity index (χ2n) is 9.92. The van der Waals surface area contributed by atoms with Gasteiger partial charge in [0.15, 0.2) is 0 Å². The van der Waals surface area contributed by atoms with Gasteiger partial charge in [0.2, 0.25) is 0 Å². The molecule has 1 fully saturated rings. The van der Waals surface area contributed by atoms with Crippen molar-refractivity contribution in [2.24, 2.45) is 0 Å². The SMILES string of the molecule is CCCN(CCCN1CCN(c2cccc(C)c2C)CC1)C(=O)c1cc(-c2ccc(Cl)cc2)[nH]c1C. The van der Waals surface area contributed by atoms with Gasteiger partial charge in [-0.25, -0.2) is 0 Å². The minimum Gasteiger partial charge on any atom is -0.369 e. The number of nitrogens with one attached hydrogen (secondary N) is 1. The van der Waals surface area contributed by atoms with Crippen molar-refractivity contribution in [3.63, 3.8) is 0 Å². The fourth-order valence-corrected chi connectivity index (χ4v) is 5.22. The van der Waals surface area contributed by atoms with Gasteiger partial charge in [-0.2, -0.15) is 0 Å². The van der Waals surface area contributed by atoms with Gasteiger partial charge in [0.05, 0.1) is 5.56 Å². The lowest BCUT2D eigenvalue weighted by Crippen LogP contribution is -2.47. The molecule has 0 atom stereocenters. The number of carbonyl (C=O) groups is 1. The van der Waals surface area contributed by atoms with Crippen LogP contribution in [0.15, 0.2) is 48.5 Å². The summed E-state index contributed by atoms with van der Waals surface area (Å²) in [5.74, 6) is 0.116. The van der Waals surface area contributed by atoms with E-state index in [1.165, 1.54) is 16.8 Å². The van der Waals surface area contributed by atoms with Crippen LogP contribution in [0.2, 0.25) is 5.02 Å². The van der Waals surface area contributed by atoms with Crippen LogP contribution in [-0.2, 0) is 0 Å². The number of rotatable bonds is 9. The average Bonchev–Trinajstić information content (AvgIpc) is 3.27.